The SMILES string of the molecule is COc1ccc(/C(O)=C(\C(=S)Nc2ccc(Cl)cc2)[n+]2ccc(C(C)(C)C)cc2)cc1OC. The third kappa shape index (κ3) is 5.83. The second kappa shape index (κ2) is 10.2. The molecule has 3 aromatic rings. The van der Waals surface area contributed by atoms with Crippen molar-refractivity contribution in [2.24, 2.45) is 0 Å². The molecule has 7 heteroatoms. The third-order valence-corrected chi connectivity index (χ3v) is 5.70. The van der Waals surface area contributed by atoms with Gasteiger partial charge in [0.2, 0.25) is 0 Å². The Labute approximate surface area is 205 Å². The van der Waals surface area contributed by atoms with Gasteiger partial charge in [-0.3, -0.25) is 0 Å². The zero-order valence-electron chi connectivity index (χ0n) is 19.3. The molecule has 2 N–H and O–H groups in total. The van der Waals surface area contributed by atoms with Crippen LogP contribution in [0.1, 0.15) is 31.9 Å². The van der Waals surface area contributed by atoms with E-state index >= 15 is 0 Å². The molecule has 5 nitrogen and oxygen atoms in total. The molecule has 33 heavy (non-hydrogen) atoms. The second-order valence-corrected chi connectivity index (χ2v) is 9.32. The number of nitrogens with zero attached hydrogens (tertiary/aromatic N) is 1. The Hall–Kier alpha value is -3.09. The molecule has 1 heterocycles. The first-order valence-electron chi connectivity index (χ1n) is 10.4. The van der Waals surface area contributed by atoms with Crippen LogP contribution in [-0.2, 0) is 5.41 Å². The van der Waals surface area contributed by atoms with Crippen molar-refractivity contribution in [1.82, 2.24) is 0 Å². The molecule has 0 aliphatic heterocycles. The number of benzene rings is 2. The normalized spacial score (nSPS) is 12.1. The van der Waals surface area contributed by atoms with Gasteiger partial charge in [0, 0.05) is 28.4 Å². The predicted octanol–water partition coefficient (Wildman–Crippen LogP) is 6.27. The molecule has 1 aromatic heterocycles. The summed E-state index contributed by atoms with van der Waals surface area (Å²) in [5.74, 6) is 1.07. The number of aromatic nitrogens is 1. The molecule has 0 radical (unpaired) electrons. The van der Waals surface area contributed by atoms with Crippen LogP contribution >= 0.6 is 23.8 Å². The molecule has 0 saturated carbocycles. The Bertz CT molecular complexity index is 1170. The van der Waals surface area contributed by atoms with Gasteiger partial charge in [-0.15, -0.1) is 0 Å². The average Bonchev–Trinajstić information content (AvgIpc) is 2.80. The summed E-state index contributed by atoms with van der Waals surface area (Å²) in [6, 6.07) is 16.4. The first kappa shape index (κ1) is 24.6. The molecule has 0 amide bonds. The van der Waals surface area contributed by atoms with Gasteiger partial charge in [0.15, 0.2) is 34.6 Å². The molecule has 0 saturated heterocycles. The second-order valence-electron chi connectivity index (χ2n) is 8.47. The fraction of sp³-hybridized carbons (Fsp3) is 0.231. The van der Waals surface area contributed by atoms with Crippen molar-refractivity contribution in [2.45, 2.75) is 26.2 Å². The van der Waals surface area contributed by atoms with E-state index in [9.17, 15) is 5.11 Å². The maximum absolute atomic E-state index is 11.4. The fourth-order valence-electron chi connectivity index (χ4n) is 3.27. The van der Waals surface area contributed by atoms with Gasteiger partial charge in [0.1, 0.15) is 0 Å². The van der Waals surface area contributed by atoms with E-state index in [4.69, 9.17) is 33.3 Å². The lowest BCUT2D eigenvalue weighted by Crippen LogP contribution is -2.39. The lowest BCUT2D eigenvalue weighted by molar-refractivity contribution is -0.575. The van der Waals surface area contributed by atoms with E-state index in [0.29, 0.717) is 32.8 Å². The van der Waals surface area contributed by atoms with Crippen LogP contribution in [0.15, 0.2) is 67.0 Å². The fourth-order valence-corrected chi connectivity index (χ4v) is 3.71. The average molecular weight is 484 g/mol. The van der Waals surface area contributed by atoms with Crippen LogP contribution in [0.5, 0.6) is 11.5 Å². The maximum atomic E-state index is 11.4. The van der Waals surface area contributed by atoms with Gasteiger partial charge in [-0.25, -0.2) is 0 Å². The zero-order valence-corrected chi connectivity index (χ0v) is 20.9. The van der Waals surface area contributed by atoms with Gasteiger partial charge in [0.25, 0.3) is 5.70 Å². The summed E-state index contributed by atoms with van der Waals surface area (Å²) in [6.07, 6.45) is 3.78. The number of hydrogen-bond acceptors (Lipinski definition) is 4. The van der Waals surface area contributed by atoms with Crippen LogP contribution < -0.4 is 19.4 Å². The number of rotatable bonds is 6. The topological polar surface area (TPSA) is 54.6 Å². The van der Waals surface area contributed by atoms with E-state index in [0.717, 1.165) is 5.69 Å². The minimum absolute atomic E-state index is 0.00354. The van der Waals surface area contributed by atoms with Crippen LogP contribution in [0.3, 0.4) is 0 Å². The van der Waals surface area contributed by atoms with Crippen molar-refractivity contribution in [2.75, 3.05) is 19.5 Å². The highest BCUT2D eigenvalue weighted by atomic mass is 35.5. The number of hydrogen-bond donors (Lipinski definition) is 2. The number of pyridine rings is 1. The number of aliphatic hydroxyl groups is 1. The third-order valence-electron chi connectivity index (χ3n) is 5.15. The summed E-state index contributed by atoms with van der Waals surface area (Å²) >= 11 is 11.7. The van der Waals surface area contributed by atoms with Crippen molar-refractivity contribution >= 4 is 46.0 Å². The Balaban J connectivity index is 2.11. The quantitative estimate of drug-likeness (QED) is 0.187. The Morgan fingerprint density at radius 2 is 1.55 bits per heavy atom. The van der Waals surface area contributed by atoms with Gasteiger partial charge < -0.3 is 19.9 Å². The molecule has 0 atom stereocenters. The van der Waals surface area contributed by atoms with Gasteiger partial charge in [-0.1, -0.05) is 44.6 Å². The summed E-state index contributed by atoms with van der Waals surface area (Å²) in [5.41, 5.74) is 2.88. The molecule has 172 valence electrons. The van der Waals surface area contributed by atoms with E-state index in [1.807, 2.05) is 36.7 Å². The summed E-state index contributed by atoms with van der Waals surface area (Å²) < 4.78 is 12.5. The van der Waals surface area contributed by atoms with E-state index in [1.54, 1.807) is 49.1 Å². The largest absolute Gasteiger partial charge is 0.502 e. The minimum Gasteiger partial charge on any atom is -0.502 e. The molecule has 0 aliphatic rings. The standard InChI is InChI=1S/C26H27ClN2O3S/c1-26(2,3)18-12-14-29(15-13-18)23(25(33)28-20-9-7-19(27)8-10-20)24(30)17-6-11-21(31-4)22(16-17)32-5/h6-16H,1-5H3,(H-,28,30,33)/p+1. The number of halogens is 1. The molecule has 2 aromatic carbocycles. The molecule has 0 bridgehead atoms. The van der Waals surface area contributed by atoms with Crippen LogP contribution in [0.4, 0.5) is 5.69 Å². The highest BCUT2D eigenvalue weighted by molar-refractivity contribution is 7.81. The smallest absolute Gasteiger partial charge is 0.288 e. The summed E-state index contributed by atoms with van der Waals surface area (Å²) in [4.78, 5) is 0.345. The number of ether oxygens (including phenoxy) is 2. The lowest BCUT2D eigenvalue weighted by Gasteiger charge is -2.18. The monoisotopic (exact) mass is 483 g/mol. The van der Waals surface area contributed by atoms with E-state index in [-0.39, 0.29) is 11.2 Å². The first-order valence-corrected chi connectivity index (χ1v) is 11.2. The highest BCUT2D eigenvalue weighted by Gasteiger charge is 2.26. The number of thiocarbonyl (C=S) groups is 1. The molecule has 0 spiro atoms. The van der Waals surface area contributed by atoms with Crippen LogP contribution in [-0.4, -0.2) is 24.3 Å². The first-order chi connectivity index (χ1) is 15.6. The van der Waals surface area contributed by atoms with Gasteiger partial charge >= 0.3 is 0 Å². The molecular formula is C26H28ClN2O3S+. The summed E-state index contributed by atoms with van der Waals surface area (Å²) in [6.45, 7) is 6.45. The molecule has 0 unspecified atom stereocenters. The van der Waals surface area contributed by atoms with Gasteiger partial charge in [-0.05, 0) is 53.4 Å². The molecule has 0 fully saturated rings. The van der Waals surface area contributed by atoms with Crippen molar-refractivity contribution in [3.05, 3.63) is 83.1 Å². The number of aliphatic hydroxyl groups excluding tert-OH is 1. The lowest BCUT2D eigenvalue weighted by atomic mass is 9.88. The van der Waals surface area contributed by atoms with Crippen molar-refractivity contribution in [3.8, 4) is 11.5 Å². The van der Waals surface area contributed by atoms with E-state index in [2.05, 4.69) is 26.1 Å². The van der Waals surface area contributed by atoms with Crippen molar-refractivity contribution < 1.29 is 19.1 Å². The Kier molecular flexibility index (Phi) is 7.61. The minimum atomic E-state index is -0.00377. The predicted molar refractivity (Wildman–Crippen MR) is 138 cm³/mol. The maximum Gasteiger partial charge on any atom is 0.288 e. The molecular weight excluding hydrogens is 456 g/mol. The van der Waals surface area contributed by atoms with Crippen LogP contribution in [0, 0.1) is 0 Å². The zero-order chi connectivity index (χ0) is 24.2. The van der Waals surface area contributed by atoms with Crippen LogP contribution in [0.2, 0.25) is 5.02 Å². The number of anilines is 1. The highest BCUT2D eigenvalue weighted by Crippen LogP contribution is 2.31. The number of methoxy groups -OCH3 is 2. The summed E-state index contributed by atoms with van der Waals surface area (Å²) in [5, 5.41) is 15.2. The van der Waals surface area contributed by atoms with Crippen molar-refractivity contribution in [1.29, 1.82) is 0 Å². The van der Waals surface area contributed by atoms with Gasteiger partial charge in [-0.2, -0.15) is 4.57 Å². The number of nitrogens with one attached hydrogen (secondary N) is 1. The molecule has 3 rings (SSSR count). The van der Waals surface area contributed by atoms with Gasteiger partial charge in [0.05, 0.1) is 14.2 Å². The Morgan fingerprint density at radius 1 is 0.939 bits per heavy atom. The van der Waals surface area contributed by atoms with Crippen LogP contribution in [0.25, 0.3) is 11.5 Å². The van der Waals surface area contributed by atoms with E-state index in [1.165, 1.54) is 5.56 Å². The van der Waals surface area contributed by atoms with E-state index < -0.39 is 0 Å². The Morgan fingerprint density at radius 3 is 2.09 bits per heavy atom. The summed E-state index contributed by atoms with van der Waals surface area (Å²) in [7, 11) is 3.12. The van der Waals surface area contributed by atoms with Crippen molar-refractivity contribution in [3.63, 3.8) is 0 Å². The molecule has 0 aliphatic carbocycles.